The van der Waals surface area contributed by atoms with E-state index in [1.807, 2.05) is 16.4 Å². The summed E-state index contributed by atoms with van der Waals surface area (Å²) in [7, 11) is -1.36. The lowest BCUT2D eigenvalue weighted by Gasteiger charge is -2.31. The van der Waals surface area contributed by atoms with E-state index >= 15 is 0 Å². The van der Waals surface area contributed by atoms with Crippen molar-refractivity contribution in [2.45, 2.75) is 63.4 Å². The van der Waals surface area contributed by atoms with Gasteiger partial charge in [0.1, 0.15) is 16.0 Å². The zero-order chi connectivity index (χ0) is 15.9. The molecule has 1 saturated heterocycles. The minimum absolute atomic E-state index is 0.135. The number of rotatable bonds is 5. The minimum atomic E-state index is -1.36. The lowest BCUT2D eigenvalue weighted by Crippen LogP contribution is -2.42. The first-order valence-electron chi connectivity index (χ1n) is 8.25. The van der Waals surface area contributed by atoms with Gasteiger partial charge in [-0.2, -0.15) is 0 Å². The van der Waals surface area contributed by atoms with Crippen molar-refractivity contribution in [3.8, 4) is 0 Å². The molecule has 1 aliphatic heterocycles. The Morgan fingerprint density at radius 3 is 2.86 bits per heavy atom. The van der Waals surface area contributed by atoms with Gasteiger partial charge < -0.3 is 0 Å². The Morgan fingerprint density at radius 1 is 1.36 bits per heavy atom. The fourth-order valence-electron chi connectivity index (χ4n) is 2.95. The van der Waals surface area contributed by atoms with E-state index in [1.54, 1.807) is 12.3 Å². The summed E-state index contributed by atoms with van der Waals surface area (Å²) in [5, 5.41) is 0.535. The van der Waals surface area contributed by atoms with Crippen molar-refractivity contribution >= 4 is 16.8 Å². The maximum absolute atomic E-state index is 12.8. The van der Waals surface area contributed by atoms with Gasteiger partial charge in [0.05, 0.1) is 6.54 Å². The number of carbonyl (C=O) groups excluding carboxylic acids is 1. The minimum Gasteiger partial charge on any atom is -0.298 e. The summed E-state index contributed by atoms with van der Waals surface area (Å²) in [4.78, 5) is 16.8. The predicted molar refractivity (Wildman–Crippen MR) is 88.7 cm³/mol. The van der Waals surface area contributed by atoms with E-state index in [2.05, 4.69) is 18.8 Å². The molecule has 0 aromatic carbocycles. The number of nitrogens with zero attached hydrogens (tertiary/aromatic N) is 2. The molecule has 2 heterocycles. The number of pyridine rings is 1. The quantitative estimate of drug-likeness (QED) is 0.835. The average molecular weight is 322 g/mol. The van der Waals surface area contributed by atoms with Crippen LogP contribution in [0.1, 0.15) is 52.4 Å². The molecule has 3 atom stereocenters. The molecular weight excluding hydrogens is 296 g/mol. The van der Waals surface area contributed by atoms with Crippen LogP contribution in [0, 0.1) is 5.92 Å². The van der Waals surface area contributed by atoms with Crippen LogP contribution in [0.25, 0.3) is 0 Å². The highest BCUT2D eigenvalue weighted by Crippen LogP contribution is 2.25. The molecular formula is C17H26N2O2S. The Morgan fingerprint density at radius 2 is 2.18 bits per heavy atom. The molecule has 4 nitrogen and oxygen atoms in total. The van der Waals surface area contributed by atoms with Crippen molar-refractivity contribution in [1.29, 1.82) is 0 Å². The van der Waals surface area contributed by atoms with Crippen LogP contribution in [0.2, 0.25) is 0 Å². The van der Waals surface area contributed by atoms with Gasteiger partial charge in [0.25, 0.3) is 0 Å². The second-order valence-electron chi connectivity index (χ2n) is 6.08. The highest BCUT2D eigenvalue weighted by molar-refractivity contribution is 7.82. The standard InChI is InChI=1S/C17H26N2O2S/c1-3-4-9-15-10-7-8-14(2)19(13-16(15)20)22(21)17-11-5-6-12-18-17/h5-6,11-12,14-15H,3-4,7-10,13H2,1-2H3. The van der Waals surface area contributed by atoms with Crippen molar-refractivity contribution < 1.29 is 9.00 Å². The summed E-state index contributed by atoms with van der Waals surface area (Å²) >= 11 is 0. The van der Waals surface area contributed by atoms with Crippen LogP contribution in [0.5, 0.6) is 0 Å². The molecule has 0 radical (unpaired) electrons. The largest absolute Gasteiger partial charge is 0.298 e. The van der Waals surface area contributed by atoms with E-state index in [9.17, 15) is 9.00 Å². The van der Waals surface area contributed by atoms with E-state index in [4.69, 9.17) is 0 Å². The van der Waals surface area contributed by atoms with Crippen molar-refractivity contribution in [1.82, 2.24) is 9.29 Å². The zero-order valence-corrected chi connectivity index (χ0v) is 14.3. The normalized spacial score (nSPS) is 25.5. The predicted octanol–water partition coefficient (Wildman–Crippen LogP) is 3.35. The lowest BCUT2D eigenvalue weighted by molar-refractivity contribution is -0.124. The lowest BCUT2D eigenvalue weighted by atomic mass is 9.89. The average Bonchev–Trinajstić information content (AvgIpc) is 2.54. The van der Waals surface area contributed by atoms with E-state index in [0.717, 1.165) is 38.5 Å². The Labute approximate surface area is 135 Å². The van der Waals surface area contributed by atoms with Crippen molar-refractivity contribution in [2.24, 2.45) is 5.92 Å². The molecule has 22 heavy (non-hydrogen) atoms. The van der Waals surface area contributed by atoms with Gasteiger partial charge in [-0.3, -0.25) is 4.79 Å². The number of hydrogen-bond donors (Lipinski definition) is 0. The molecule has 0 bridgehead atoms. The summed E-state index contributed by atoms with van der Waals surface area (Å²) in [6, 6.07) is 5.55. The Balaban J connectivity index is 2.11. The first-order chi connectivity index (χ1) is 10.6. The molecule has 2 rings (SSSR count). The molecule has 0 aliphatic carbocycles. The van der Waals surface area contributed by atoms with Gasteiger partial charge in [-0.1, -0.05) is 32.3 Å². The van der Waals surface area contributed by atoms with Crippen LogP contribution < -0.4 is 0 Å². The van der Waals surface area contributed by atoms with Gasteiger partial charge in [-0.25, -0.2) is 13.5 Å². The first kappa shape index (κ1) is 17.3. The van der Waals surface area contributed by atoms with Gasteiger partial charge in [-0.15, -0.1) is 0 Å². The fourth-order valence-corrected chi connectivity index (χ4v) is 4.21. The Kier molecular flexibility index (Phi) is 6.70. The third kappa shape index (κ3) is 4.46. The van der Waals surface area contributed by atoms with E-state index in [1.165, 1.54) is 0 Å². The highest BCUT2D eigenvalue weighted by Gasteiger charge is 2.30. The molecule has 1 aliphatic rings. The molecule has 122 valence electrons. The van der Waals surface area contributed by atoms with Crippen LogP contribution in [0.3, 0.4) is 0 Å². The molecule has 0 saturated carbocycles. The van der Waals surface area contributed by atoms with Crippen LogP contribution in [-0.4, -0.2) is 31.9 Å². The van der Waals surface area contributed by atoms with Crippen LogP contribution in [-0.2, 0) is 15.8 Å². The number of aromatic nitrogens is 1. The summed E-state index contributed by atoms with van der Waals surface area (Å²) in [5.41, 5.74) is 0. The first-order valence-corrected chi connectivity index (χ1v) is 9.36. The maximum atomic E-state index is 12.8. The summed E-state index contributed by atoms with van der Waals surface area (Å²) in [6.07, 6.45) is 7.81. The Hall–Kier alpha value is -1.07. The van der Waals surface area contributed by atoms with Gasteiger partial charge in [0, 0.05) is 18.2 Å². The summed E-state index contributed by atoms with van der Waals surface area (Å²) < 4.78 is 14.6. The third-order valence-corrected chi connectivity index (χ3v) is 5.88. The smallest absolute Gasteiger partial charge is 0.150 e. The van der Waals surface area contributed by atoms with E-state index in [0.29, 0.717) is 5.03 Å². The van der Waals surface area contributed by atoms with Crippen LogP contribution in [0.4, 0.5) is 0 Å². The van der Waals surface area contributed by atoms with Crippen LogP contribution in [0.15, 0.2) is 29.4 Å². The van der Waals surface area contributed by atoms with E-state index < -0.39 is 11.0 Å². The van der Waals surface area contributed by atoms with Crippen LogP contribution >= 0.6 is 0 Å². The molecule has 3 unspecified atom stereocenters. The summed E-state index contributed by atoms with van der Waals surface area (Å²) in [6.45, 7) is 4.48. The molecule has 1 fully saturated rings. The number of carbonyl (C=O) groups is 1. The Bertz CT molecular complexity index is 507. The topological polar surface area (TPSA) is 50.3 Å². The van der Waals surface area contributed by atoms with Gasteiger partial charge >= 0.3 is 0 Å². The molecule has 0 N–H and O–H groups in total. The molecule has 0 amide bonds. The van der Waals surface area contributed by atoms with Crippen molar-refractivity contribution in [3.63, 3.8) is 0 Å². The molecule has 5 heteroatoms. The molecule has 1 aromatic heterocycles. The second kappa shape index (κ2) is 8.53. The monoisotopic (exact) mass is 322 g/mol. The zero-order valence-electron chi connectivity index (χ0n) is 13.5. The fraction of sp³-hybridized carbons (Fsp3) is 0.647. The second-order valence-corrected chi connectivity index (χ2v) is 7.46. The van der Waals surface area contributed by atoms with Crippen molar-refractivity contribution in [2.75, 3.05) is 6.54 Å². The number of Topliss-reactive ketones (excluding diaryl/α,β-unsaturated/α-hetero) is 1. The number of ketones is 1. The van der Waals surface area contributed by atoms with E-state index in [-0.39, 0.29) is 24.3 Å². The SMILES string of the molecule is CCCCC1CCCC(C)N(S(=O)c2ccccn2)CC1=O. The summed E-state index contributed by atoms with van der Waals surface area (Å²) in [5.74, 6) is 0.375. The number of unbranched alkanes of at least 4 members (excludes halogenated alkanes) is 1. The van der Waals surface area contributed by atoms with Crippen molar-refractivity contribution in [3.05, 3.63) is 24.4 Å². The third-order valence-electron chi connectivity index (χ3n) is 4.37. The number of hydrogen-bond acceptors (Lipinski definition) is 3. The van der Waals surface area contributed by atoms with Gasteiger partial charge in [0.2, 0.25) is 0 Å². The maximum Gasteiger partial charge on any atom is 0.150 e. The molecule has 0 spiro atoms. The molecule has 1 aromatic rings. The highest BCUT2D eigenvalue weighted by atomic mass is 32.2. The van der Waals surface area contributed by atoms with Gasteiger partial charge in [0.15, 0.2) is 5.78 Å². The van der Waals surface area contributed by atoms with Gasteiger partial charge in [-0.05, 0) is 38.3 Å².